The molecule has 0 saturated carbocycles. The van der Waals surface area contributed by atoms with Gasteiger partial charge in [-0.05, 0) is 36.2 Å². The van der Waals surface area contributed by atoms with Gasteiger partial charge in [0.25, 0.3) is 0 Å². The van der Waals surface area contributed by atoms with Crippen LogP contribution < -0.4 is 14.8 Å². The van der Waals surface area contributed by atoms with Crippen LogP contribution in [-0.2, 0) is 0 Å². The average Bonchev–Trinajstić information content (AvgIpc) is 2.50. The van der Waals surface area contributed by atoms with E-state index >= 15 is 0 Å². The van der Waals surface area contributed by atoms with E-state index in [0.717, 1.165) is 5.56 Å². The Hall–Kier alpha value is -1.72. The number of anilines is 1. The molecule has 1 aromatic heterocycles. The zero-order valence-corrected chi connectivity index (χ0v) is 13.4. The molecule has 112 valence electrons. The molecule has 2 rings (SSSR count). The third-order valence-corrected chi connectivity index (χ3v) is 3.43. The lowest BCUT2D eigenvalue weighted by Crippen LogP contribution is -2.09. The molecule has 0 amide bonds. The first-order valence-electron chi connectivity index (χ1n) is 6.21. The lowest BCUT2D eigenvalue weighted by Gasteiger charge is -2.17. The highest BCUT2D eigenvalue weighted by molar-refractivity contribution is 6.33. The van der Waals surface area contributed by atoms with E-state index in [2.05, 4.69) is 15.3 Å². The fourth-order valence-electron chi connectivity index (χ4n) is 1.86. The maximum absolute atomic E-state index is 6.04. The molecule has 1 heterocycles. The Balaban J connectivity index is 2.24. The quantitative estimate of drug-likeness (QED) is 0.842. The molecule has 7 heteroatoms. The van der Waals surface area contributed by atoms with Crippen molar-refractivity contribution in [2.75, 3.05) is 19.5 Å². The monoisotopic (exact) mass is 327 g/mol. The topological polar surface area (TPSA) is 56.3 Å². The van der Waals surface area contributed by atoms with Crippen LogP contribution in [0.3, 0.4) is 0 Å². The van der Waals surface area contributed by atoms with Gasteiger partial charge >= 0.3 is 0 Å². The highest BCUT2D eigenvalue weighted by Crippen LogP contribution is 2.31. The summed E-state index contributed by atoms with van der Waals surface area (Å²) in [5.41, 5.74) is 0.999. The summed E-state index contributed by atoms with van der Waals surface area (Å²) in [4.78, 5) is 7.89. The number of hydrogen-bond donors (Lipinski definition) is 1. The van der Waals surface area contributed by atoms with Gasteiger partial charge in [0.2, 0.25) is 5.28 Å². The normalized spacial score (nSPS) is 11.9. The van der Waals surface area contributed by atoms with E-state index in [4.69, 9.17) is 32.7 Å². The SMILES string of the molecule is COc1ccc(C(C)Nc2nc(Cl)ncc2Cl)cc1OC. The Morgan fingerprint density at radius 2 is 1.86 bits per heavy atom. The van der Waals surface area contributed by atoms with E-state index < -0.39 is 0 Å². The highest BCUT2D eigenvalue weighted by atomic mass is 35.5. The minimum absolute atomic E-state index is 0.0479. The van der Waals surface area contributed by atoms with Crippen molar-refractivity contribution in [1.29, 1.82) is 0 Å². The zero-order valence-electron chi connectivity index (χ0n) is 11.9. The van der Waals surface area contributed by atoms with E-state index in [1.807, 2.05) is 25.1 Å². The third kappa shape index (κ3) is 3.68. The van der Waals surface area contributed by atoms with Crippen LogP contribution in [0.4, 0.5) is 5.82 Å². The van der Waals surface area contributed by atoms with Gasteiger partial charge in [0.1, 0.15) is 10.8 Å². The standard InChI is InChI=1S/C14H15Cl2N3O2/c1-8(18-13-10(15)7-17-14(16)19-13)9-4-5-11(20-2)12(6-9)21-3/h4-8H,1-3H3,(H,17,18,19). The van der Waals surface area contributed by atoms with Gasteiger partial charge in [-0.15, -0.1) is 0 Å². The molecule has 1 atom stereocenters. The molecule has 0 fully saturated rings. The van der Waals surface area contributed by atoms with Crippen molar-refractivity contribution in [3.05, 3.63) is 40.3 Å². The van der Waals surface area contributed by atoms with Crippen molar-refractivity contribution in [1.82, 2.24) is 9.97 Å². The number of hydrogen-bond acceptors (Lipinski definition) is 5. The summed E-state index contributed by atoms with van der Waals surface area (Å²) in [5.74, 6) is 1.82. The van der Waals surface area contributed by atoms with Crippen molar-refractivity contribution >= 4 is 29.0 Å². The first-order valence-corrected chi connectivity index (χ1v) is 6.97. The fourth-order valence-corrected chi connectivity index (χ4v) is 2.14. The van der Waals surface area contributed by atoms with Gasteiger partial charge in [-0.1, -0.05) is 17.7 Å². The molecular formula is C14H15Cl2N3O2. The molecule has 21 heavy (non-hydrogen) atoms. The molecule has 0 saturated heterocycles. The Labute approximate surface area is 133 Å². The summed E-state index contributed by atoms with van der Waals surface area (Å²) < 4.78 is 10.5. The van der Waals surface area contributed by atoms with Crippen LogP contribution in [0, 0.1) is 0 Å². The predicted octanol–water partition coefficient (Wildman–Crippen LogP) is 3.97. The number of nitrogens with one attached hydrogen (secondary N) is 1. The Kier molecular flexibility index (Phi) is 5.09. The van der Waals surface area contributed by atoms with Crippen LogP contribution in [-0.4, -0.2) is 24.2 Å². The molecule has 2 aromatic rings. The number of benzene rings is 1. The molecule has 1 N–H and O–H groups in total. The predicted molar refractivity (Wildman–Crippen MR) is 83.6 cm³/mol. The van der Waals surface area contributed by atoms with Gasteiger partial charge in [0.15, 0.2) is 11.5 Å². The Morgan fingerprint density at radius 3 is 2.52 bits per heavy atom. The number of aromatic nitrogens is 2. The minimum Gasteiger partial charge on any atom is -0.493 e. The lowest BCUT2D eigenvalue weighted by atomic mass is 10.1. The van der Waals surface area contributed by atoms with Crippen LogP contribution in [0.15, 0.2) is 24.4 Å². The van der Waals surface area contributed by atoms with Gasteiger partial charge in [-0.3, -0.25) is 0 Å². The summed E-state index contributed by atoms with van der Waals surface area (Å²) in [5, 5.41) is 3.74. The van der Waals surface area contributed by atoms with Gasteiger partial charge in [0.05, 0.1) is 26.5 Å². The minimum atomic E-state index is -0.0479. The maximum atomic E-state index is 6.04. The molecule has 0 aliphatic rings. The first kappa shape index (κ1) is 15.7. The molecule has 1 unspecified atom stereocenters. The number of halogens is 2. The third-order valence-electron chi connectivity index (χ3n) is 2.98. The molecule has 5 nitrogen and oxygen atoms in total. The zero-order chi connectivity index (χ0) is 15.4. The molecule has 0 aliphatic heterocycles. The number of ether oxygens (including phenoxy) is 2. The van der Waals surface area contributed by atoms with Crippen molar-refractivity contribution in [3.8, 4) is 11.5 Å². The van der Waals surface area contributed by atoms with Gasteiger partial charge in [-0.25, -0.2) is 4.98 Å². The second-order valence-electron chi connectivity index (χ2n) is 4.32. The Bertz CT molecular complexity index is 638. The smallest absolute Gasteiger partial charge is 0.224 e. The summed E-state index contributed by atoms with van der Waals surface area (Å²) in [6, 6.07) is 5.64. The summed E-state index contributed by atoms with van der Waals surface area (Å²) in [7, 11) is 3.20. The van der Waals surface area contributed by atoms with Crippen LogP contribution >= 0.6 is 23.2 Å². The lowest BCUT2D eigenvalue weighted by molar-refractivity contribution is 0.354. The average molecular weight is 328 g/mol. The first-order chi connectivity index (χ1) is 10.0. The second kappa shape index (κ2) is 6.83. The number of rotatable bonds is 5. The van der Waals surface area contributed by atoms with Gasteiger partial charge in [-0.2, -0.15) is 4.98 Å². The van der Waals surface area contributed by atoms with E-state index in [0.29, 0.717) is 22.3 Å². The van der Waals surface area contributed by atoms with Crippen molar-refractivity contribution in [2.24, 2.45) is 0 Å². The van der Waals surface area contributed by atoms with E-state index in [9.17, 15) is 0 Å². The number of methoxy groups -OCH3 is 2. The summed E-state index contributed by atoms with van der Waals surface area (Å²) in [6.45, 7) is 1.98. The molecule has 0 aliphatic carbocycles. The maximum Gasteiger partial charge on any atom is 0.224 e. The highest BCUT2D eigenvalue weighted by Gasteiger charge is 2.13. The fraction of sp³-hybridized carbons (Fsp3) is 0.286. The van der Waals surface area contributed by atoms with Crippen LogP contribution in [0.1, 0.15) is 18.5 Å². The van der Waals surface area contributed by atoms with Crippen LogP contribution in [0.5, 0.6) is 11.5 Å². The largest absolute Gasteiger partial charge is 0.493 e. The van der Waals surface area contributed by atoms with Gasteiger partial charge < -0.3 is 14.8 Å². The van der Waals surface area contributed by atoms with Crippen molar-refractivity contribution in [2.45, 2.75) is 13.0 Å². The van der Waals surface area contributed by atoms with Crippen molar-refractivity contribution in [3.63, 3.8) is 0 Å². The van der Waals surface area contributed by atoms with E-state index in [1.54, 1.807) is 14.2 Å². The van der Waals surface area contributed by atoms with E-state index in [1.165, 1.54) is 6.20 Å². The van der Waals surface area contributed by atoms with Crippen LogP contribution in [0.25, 0.3) is 0 Å². The van der Waals surface area contributed by atoms with E-state index in [-0.39, 0.29) is 11.3 Å². The van der Waals surface area contributed by atoms with Crippen LogP contribution in [0.2, 0.25) is 10.3 Å². The molecule has 1 aromatic carbocycles. The van der Waals surface area contributed by atoms with Gasteiger partial charge in [0, 0.05) is 0 Å². The molecule has 0 radical (unpaired) electrons. The molecule has 0 bridgehead atoms. The Morgan fingerprint density at radius 1 is 1.14 bits per heavy atom. The van der Waals surface area contributed by atoms with Crippen molar-refractivity contribution < 1.29 is 9.47 Å². The number of nitrogens with zero attached hydrogens (tertiary/aromatic N) is 2. The second-order valence-corrected chi connectivity index (χ2v) is 5.06. The summed E-state index contributed by atoms with van der Waals surface area (Å²) >= 11 is 11.8. The molecule has 0 spiro atoms. The molecular weight excluding hydrogens is 313 g/mol. The summed E-state index contributed by atoms with van der Waals surface area (Å²) in [6.07, 6.45) is 1.46.